The molecule has 2 aliphatic heterocycles. The number of rotatable bonds is 6. The molecule has 5 rings (SSSR count). The van der Waals surface area contributed by atoms with Crippen LogP contribution in [-0.2, 0) is 25.4 Å². The van der Waals surface area contributed by atoms with Crippen molar-refractivity contribution in [2.45, 2.75) is 87.8 Å². The van der Waals surface area contributed by atoms with E-state index in [2.05, 4.69) is 15.6 Å². The molecule has 0 radical (unpaired) electrons. The summed E-state index contributed by atoms with van der Waals surface area (Å²) in [7, 11) is 1.69. The SMILES string of the molecule is CC[C@@H]1[C@H](O)[C@H](NC)C2O[C@]3(O)C(OC2[C@H]1O)O[C@H](C)C[C@H]3NC(=O)Cc1csc(-c2ccccc2)n1. The van der Waals surface area contributed by atoms with Crippen molar-refractivity contribution in [1.29, 1.82) is 0 Å². The van der Waals surface area contributed by atoms with Crippen LogP contribution >= 0.6 is 11.3 Å². The first-order valence-electron chi connectivity index (χ1n) is 12.8. The summed E-state index contributed by atoms with van der Waals surface area (Å²) in [5.41, 5.74) is 1.61. The van der Waals surface area contributed by atoms with Gasteiger partial charge in [0, 0.05) is 16.9 Å². The Morgan fingerprint density at radius 2 is 1.95 bits per heavy atom. The first-order chi connectivity index (χ1) is 17.7. The van der Waals surface area contributed by atoms with Crippen molar-refractivity contribution in [2.24, 2.45) is 5.92 Å². The fourth-order valence-corrected chi connectivity index (χ4v) is 6.58. The lowest BCUT2D eigenvalue weighted by Crippen LogP contribution is -2.77. The van der Waals surface area contributed by atoms with E-state index in [0.717, 1.165) is 10.6 Å². The van der Waals surface area contributed by atoms with Crippen LogP contribution in [0.2, 0.25) is 0 Å². The number of thiazole rings is 1. The maximum absolute atomic E-state index is 13.1. The van der Waals surface area contributed by atoms with Gasteiger partial charge in [0.25, 0.3) is 0 Å². The van der Waals surface area contributed by atoms with Crippen LogP contribution in [-0.4, -0.2) is 87.9 Å². The highest BCUT2D eigenvalue weighted by atomic mass is 32.1. The molecule has 5 N–H and O–H groups in total. The van der Waals surface area contributed by atoms with Crippen molar-refractivity contribution in [3.8, 4) is 10.6 Å². The van der Waals surface area contributed by atoms with Gasteiger partial charge in [-0.15, -0.1) is 11.3 Å². The topological polar surface area (TPSA) is 142 Å². The molecular weight excluding hydrogens is 498 g/mol. The molecule has 2 aromatic rings. The van der Waals surface area contributed by atoms with E-state index in [9.17, 15) is 20.1 Å². The van der Waals surface area contributed by atoms with Crippen molar-refractivity contribution in [3.05, 3.63) is 41.4 Å². The number of carbonyl (C=O) groups excluding carboxylic acids is 1. The molecule has 1 aliphatic carbocycles. The number of aliphatic hydroxyl groups excluding tert-OH is 2. The van der Waals surface area contributed by atoms with Crippen LogP contribution < -0.4 is 10.6 Å². The van der Waals surface area contributed by atoms with E-state index in [-0.39, 0.29) is 18.4 Å². The number of aliphatic hydroxyl groups is 3. The van der Waals surface area contributed by atoms with E-state index in [4.69, 9.17) is 14.2 Å². The number of fused-ring (bicyclic) bond motifs is 2. The molecule has 11 heteroatoms. The van der Waals surface area contributed by atoms with Gasteiger partial charge in [0.15, 0.2) is 0 Å². The summed E-state index contributed by atoms with van der Waals surface area (Å²) in [4.78, 5) is 17.6. The highest BCUT2D eigenvalue weighted by molar-refractivity contribution is 7.13. The van der Waals surface area contributed by atoms with Crippen molar-refractivity contribution < 1.29 is 34.3 Å². The Morgan fingerprint density at radius 3 is 2.65 bits per heavy atom. The predicted octanol–water partition coefficient (Wildman–Crippen LogP) is 0.795. The van der Waals surface area contributed by atoms with Gasteiger partial charge in [0.2, 0.25) is 18.0 Å². The maximum atomic E-state index is 13.1. The largest absolute Gasteiger partial charge is 0.391 e. The van der Waals surface area contributed by atoms with Crippen LogP contribution in [0.5, 0.6) is 0 Å². The lowest BCUT2D eigenvalue weighted by molar-refractivity contribution is -0.450. The summed E-state index contributed by atoms with van der Waals surface area (Å²) >= 11 is 1.47. The van der Waals surface area contributed by atoms with E-state index in [1.54, 1.807) is 7.05 Å². The minimum atomic E-state index is -2.01. The molecule has 202 valence electrons. The van der Waals surface area contributed by atoms with Gasteiger partial charge < -0.3 is 40.2 Å². The molecule has 3 heterocycles. The molecule has 1 amide bonds. The number of aromatic nitrogens is 1. The van der Waals surface area contributed by atoms with Crippen LogP contribution in [0, 0.1) is 5.92 Å². The molecule has 37 heavy (non-hydrogen) atoms. The van der Waals surface area contributed by atoms with E-state index >= 15 is 0 Å². The standard InChI is InChI=1S/C26H35N3O7S/c1-4-16-20(31)19(27-3)22-23(21(16)32)35-25-26(33,36-22)17(10-13(2)34-25)29-18(30)11-15-12-37-24(28-15)14-8-6-5-7-9-14/h5-9,12-13,16-17,19-23,25,27,31-33H,4,10-11H2,1-3H3,(H,29,30)/t13-,16-,17-,19+,20+,21+,22?,23?,25?,26+/m1/s1. The Labute approximate surface area is 220 Å². The fourth-order valence-electron chi connectivity index (χ4n) is 5.75. The quantitative estimate of drug-likeness (QED) is 0.364. The third-order valence-electron chi connectivity index (χ3n) is 7.68. The number of ether oxygens (including phenoxy) is 3. The van der Waals surface area contributed by atoms with Gasteiger partial charge >= 0.3 is 0 Å². The average molecular weight is 534 g/mol. The van der Waals surface area contributed by atoms with Crippen LogP contribution in [0.4, 0.5) is 0 Å². The first-order valence-corrected chi connectivity index (χ1v) is 13.7. The van der Waals surface area contributed by atoms with E-state index in [1.165, 1.54) is 11.3 Å². The summed E-state index contributed by atoms with van der Waals surface area (Å²) in [6, 6.07) is 8.32. The number of benzene rings is 1. The van der Waals surface area contributed by atoms with E-state index in [0.29, 0.717) is 18.5 Å². The smallest absolute Gasteiger partial charge is 0.239 e. The lowest BCUT2D eigenvalue weighted by Gasteiger charge is -2.58. The molecule has 0 spiro atoms. The molecule has 0 bridgehead atoms. The number of nitrogens with one attached hydrogen (secondary N) is 2. The maximum Gasteiger partial charge on any atom is 0.239 e. The van der Waals surface area contributed by atoms with Gasteiger partial charge in [-0.3, -0.25) is 4.79 Å². The van der Waals surface area contributed by atoms with Crippen LogP contribution in [0.15, 0.2) is 35.7 Å². The third-order valence-corrected chi connectivity index (χ3v) is 8.62. The Kier molecular flexibility index (Phi) is 7.68. The van der Waals surface area contributed by atoms with Gasteiger partial charge in [0.1, 0.15) is 17.2 Å². The van der Waals surface area contributed by atoms with E-state index in [1.807, 2.05) is 49.6 Å². The zero-order valence-electron chi connectivity index (χ0n) is 21.1. The highest BCUT2D eigenvalue weighted by Gasteiger charge is 2.63. The summed E-state index contributed by atoms with van der Waals surface area (Å²) in [6.45, 7) is 3.72. The zero-order valence-corrected chi connectivity index (χ0v) is 21.9. The molecule has 10 nitrogen and oxygen atoms in total. The summed E-state index contributed by atoms with van der Waals surface area (Å²) in [6.07, 6.45) is -4.27. The van der Waals surface area contributed by atoms with Gasteiger partial charge in [-0.05, 0) is 26.8 Å². The van der Waals surface area contributed by atoms with Crippen molar-refractivity contribution in [1.82, 2.24) is 15.6 Å². The van der Waals surface area contributed by atoms with Crippen LogP contribution in [0.25, 0.3) is 10.6 Å². The van der Waals surface area contributed by atoms with Gasteiger partial charge in [-0.2, -0.15) is 0 Å². The summed E-state index contributed by atoms with van der Waals surface area (Å²) in [5, 5.41) is 42.1. The minimum absolute atomic E-state index is 0.0392. The monoisotopic (exact) mass is 533 g/mol. The molecular formula is C26H35N3O7S. The first kappa shape index (κ1) is 26.6. The van der Waals surface area contributed by atoms with Crippen LogP contribution in [0.3, 0.4) is 0 Å². The van der Waals surface area contributed by atoms with Crippen molar-refractivity contribution >= 4 is 17.2 Å². The minimum Gasteiger partial charge on any atom is -0.391 e. The van der Waals surface area contributed by atoms with Gasteiger partial charge in [0.05, 0.1) is 42.5 Å². The number of hydrogen-bond acceptors (Lipinski definition) is 10. The Morgan fingerprint density at radius 1 is 1.19 bits per heavy atom. The van der Waals surface area contributed by atoms with Crippen molar-refractivity contribution in [3.63, 3.8) is 0 Å². The number of amides is 1. The molecule has 3 unspecified atom stereocenters. The number of carbonyl (C=O) groups is 1. The number of nitrogens with zero attached hydrogens (tertiary/aromatic N) is 1. The average Bonchev–Trinajstić information content (AvgIpc) is 3.33. The highest BCUT2D eigenvalue weighted by Crippen LogP contribution is 2.43. The molecule has 10 atom stereocenters. The number of hydrogen-bond donors (Lipinski definition) is 5. The second kappa shape index (κ2) is 10.7. The van der Waals surface area contributed by atoms with Crippen molar-refractivity contribution in [2.75, 3.05) is 7.05 Å². The number of likely N-dealkylation sites (N-methyl/N-ethyl adjacent to an activating group) is 1. The fraction of sp³-hybridized carbons (Fsp3) is 0.615. The third kappa shape index (κ3) is 4.95. The Bertz CT molecular complexity index is 1090. The predicted molar refractivity (Wildman–Crippen MR) is 135 cm³/mol. The second-order valence-electron chi connectivity index (χ2n) is 10.1. The Hall–Kier alpha value is -1.96. The van der Waals surface area contributed by atoms with E-state index < -0.39 is 54.5 Å². The summed E-state index contributed by atoms with van der Waals surface area (Å²) < 4.78 is 18.2. The summed E-state index contributed by atoms with van der Waals surface area (Å²) in [5.74, 6) is -2.75. The normalized spacial score (nSPS) is 39.5. The molecule has 1 aromatic carbocycles. The molecule has 3 fully saturated rings. The molecule has 1 aromatic heterocycles. The Balaban J connectivity index is 1.32. The van der Waals surface area contributed by atoms with Gasteiger partial charge in [-0.25, -0.2) is 4.98 Å². The molecule has 1 saturated carbocycles. The lowest BCUT2D eigenvalue weighted by atomic mass is 9.74. The second-order valence-corrected chi connectivity index (χ2v) is 11.0. The van der Waals surface area contributed by atoms with Crippen LogP contribution in [0.1, 0.15) is 32.4 Å². The molecule has 3 aliphatic rings. The molecule has 2 saturated heterocycles. The zero-order chi connectivity index (χ0) is 26.3. The van der Waals surface area contributed by atoms with Gasteiger partial charge in [-0.1, -0.05) is 37.3 Å².